The number of carboxylic acid groups (broad SMARTS) is 1. The van der Waals surface area contributed by atoms with E-state index < -0.39 is 17.5 Å². The molecule has 0 bridgehead atoms. The molecule has 0 aliphatic rings. The molecule has 0 spiro atoms. The van der Waals surface area contributed by atoms with Gasteiger partial charge in [0.25, 0.3) is 0 Å². The van der Waals surface area contributed by atoms with E-state index in [1.54, 1.807) is 0 Å². The minimum absolute atomic E-state index is 0.0221. The summed E-state index contributed by atoms with van der Waals surface area (Å²) in [5.41, 5.74) is 0.0557. The van der Waals surface area contributed by atoms with Crippen LogP contribution in [0.2, 0.25) is 0 Å². The summed E-state index contributed by atoms with van der Waals surface area (Å²) in [5, 5.41) is 29.7. The molecule has 0 saturated carbocycles. The SMILES string of the molecule is CCCCc1c(OCCC)c(OCCC)c(O)c(O)c1C(=O)O. The van der Waals surface area contributed by atoms with Gasteiger partial charge in [0.15, 0.2) is 11.5 Å². The van der Waals surface area contributed by atoms with Gasteiger partial charge in [0.05, 0.1) is 13.2 Å². The lowest BCUT2D eigenvalue weighted by molar-refractivity contribution is 0.0690. The third-order valence-corrected chi connectivity index (χ3v) is 3.35. The number of rotatable bonds is 10. The molecule has 0 aliphatic heterocycles. The second-order valence-electron chi connectivity index (χ2n) is 5.31. The first-order valence-corrected chi connectivity index (χ1v) is 8.09. The third-order valence-electron chi connectivity index (χ3n) is 3.35. The number of hydrogen-bond donors (Lipinski definition) is 3. The van der Waals surface area contributed by atoms with Crippen molar-refractivity contribution in [2.45, 2.75) is 52.9 Å². The van der Waals surface area contributed by atoms with Crippen LogP contribution in [0.15, 0.2) is 0 Å². The average Bonchev–Trinajstić information content (AvgIpc) is 2.52. The van der Waals surface area contributed by atoms with E-state index in [9.17, 15) is 20.1 Å². The normalized spacial score (nSPS) is 10.6. The predicted octanol–water partition coefficient (Wildman–Crippen LogP) is 3.72. The quantitative estimate of drug-likeness (QED) is 0.567. The zero-order valence-corrected chi connectivity index (χ0v) is 14.0. The van der Waals surface area contributed by atoms with Crippen LogP contribution in [0.3, 0.4) is 0 Å². The average molecular weight is 326 g/mol. The molecule has 23 heavy (non-hydrogen) atoms. The first-order chi connectivity index (χ1) is 11.0. The van der Waals surface area contributed by atoms with E-state index in [1.165, 1.54) is 0 Å². The Morgan fingerprint density at radius 3 is 1.96 bits per heavy atom. The minimum atomic E-state index is -1.30. The number of hydrogen-bond acceptors (Lipinski definition) is 5. The maximum Gasteiger partial charge on any atom is 0.340 e. The van der Waals surface area contributed by atoms with E-state index >= 15 is 0 Å². The monoisotopic (exact) mass is 326 g/mol. The van der Waals surface area contributed by atoms with Crippen molar-refractivity contribution in [2.75, 3.05) is 13.2 Å². The van der Waals surface area contributed by atoms with Gasteiger partial charge >= 0.3 is 5.97 Å². The maximum absolute atomic E-state index is 11.5. The number of benzene rings is 1. The van der Waals surface area contributed by atoms with Crippen molar-refractivity contribution in [1.29, 1.82) is 0 Å². The molecule has 6 heteroatoms. The molecule has 1 rings (SSSR count). The fourth-order valence-electron chi connectivity index (χ4n) is 2.24. The van der Waals surface area contributed by atoms with Gasteiger partial charge in [-0.2, -0.15) is 0 Å². The number of phenols is 2. The highest BCUT2D eigenvalue weighted by Crippen LogP contribution is 2.49. The topological polar surface area (TPSA) is 96.2 Å². The highest BCUT2D eigenvalue weighted by molar-refractivity contribution is 5.95. The van der Waals surface area contributed by atoms with Crippen LogP contribution in [-0.4, -0.2) is 34.5 Å². The first kappa shape index (κ1) is 18.9. The molecule has 0 atom stereocenters. The van der Waals surface area contributed by atoms with Crippen molar-refractivity contribution in [2.24, 2.45) is 0 Å². The lowest BCUT2D eigenvalue weighted by Gasteiger charge is -2.20. The Morgan fingerprint density at radius 1 is 0.913 bits per heavy atom. The number of aromatic hydroxyl groups is 2. The molecule has 0 fully saturated rings. The second kappa shape index (κ2) is 9.12. The summed E-state index contributed by atoms with van der Waals surface area (Å²) in [4.78, 5) is 11.5. The standard InChI is InChI=1S/C17H26O6/c1-4-7-8-11-12(17(20)21)13(18)14(19)16(23-10-6-3)15(11)22-9-5-2/h18-19H,4-10H2,1-3H3,(H,20,21). The summed E-state index contributed by atoms with van der Waals surface area (Å²) in [5.74, 6) is -2.30. The molecule has 130 valence electrons. The van der Waals surface area contributed by atoms with E-state index in [0.29, 0.717) is 31.6 Å². The van der Waals surface area contributed by atoms with E-state index in [-0.39, 0.29) is 17.1 Å². The minimum Gasteiger partial charge on any atom is -0.504 e. The third kappa shape index (κ3) is 4.43. The molecule has 0 heterocycles. The van der Waals surface area contributed by atoms with Gasteiger partial charge in [0, 0.05) is 5.56 Å². The molecular formula is C17H26O6. The summed E-state index contributed by atoms with van der Waals surface area (Å²) in [6.07, 6.45) is 3.45. The molecule has 0 unspecified atom stereocenters. The number of aromatic carboxylic acids is 1. The highest BCUT2D eigenvalue weighted by atomic mass is 16.5. The highest BCUT2D eigenvalue weighted by Gasteiger charge is 2.29. The molecule has 0 saturated heterocycles. The summed E-state index contributed by atoms with van der Waals surface area (Å²) in [7, 11) is 0. The Bertz CT molecular complexity index is 539. The molecule has 1 aromatic carbocycles. The van der Waals surface area contributed by atoms with Crippen LogP contribution in [0.1, 0.15) is 62.4 Å². The molecule has 3 N–H and O–H groups in total. The van der Waals surface area contributed by atoms with Gasteiger partial charge in [-0.1, -0.05) is 27.2 Å². The lowest BCUT2D eigenvalue weighted by atomic mass is 9.98. The second-order valence-corrected chi connectivity index (χ2v) is 5.31. The van der Waals surface area contributed by atoms with Gasteiger partial charge in [-0.05, 0) is 25.7 Å². The molecule has 0 aliphatic carbocycles. The van der Waals surface area contributed by atoms with Gasteiger partial charge in [0.2, 0.25) is 11.5 Å². The van der Waals surface area contributed by atoms with Crippen molar-refractivity contribution in [1.82, 2.24) is 0 Å². The van der Waals surface area contributed by atoms with Gasteiger partial charge in [-0.3, -0.25) is 0 Å². The zero-order chi connectivity index (χ0) is 17.4. The van der Waals surface area contributed by atoms with Gasteiger partial charge in [-0.25, -0.2) is 4.79 Å². The summed E-state index contributed by atoms with van der Waals surface area (Å²) in [6, 6.07) is 0. The fraction of sp³-hybridized carbons (Fsp3) is 0.588. The van der Waals surface area contributed by atoms with E-state index in [1.807, 2.05) is 20.8 Å². The largest absolute Gasteiger partial charge is 0.504 e. The van der Waals surface area contributed by atoms with E-state index in [0.717, 1.165) is 19.3 Å². The van der Waals surface area contributed by atoms with Crippen molar-refractivity contribution in [3.05, 3.63) is 11.1 Å². The number of carboxylic acids is 1. The van der Waals surface area contributed by atoms with E-state index in [2.05, 4.69) is 0 Å². The Morgan fingerprint density at radius 2 is 1.48 bits per heavy atom. The maximum atomic E-state index is 11.5. The van der Waals surface area contributed by atoms with Crippen molar-refractivity contribution >= 4 is 5.97 Å². The fourth-order valence-corrected chi connectivity index (χ4v) is 2.24. The Hall–Kier alpha value is -2.11. The smallest absolute Gasteiger partial charge is 0.340 e. The molecule has 0 amide bonds. The molecular weight excluding hydrogens is 300 g/mol. The van der Waals surface area contributed by atoms with Crippen molar-refractivity contribution < 1.29 is 29.6 Å². The van der Waals surface area contributed by atoms with Gasteiger partial charge in [0.1, 0.15) is 5.56 Å². The van der Waals surface area contributed by atoms with Crippen LogP contribution in [-0.2, 0) is 6.42 Å². The number of ether oxygens (including phenoxy) is 2. The van der Waals surface area contributed by atoms with Crippen LogP contribution >= 0.6 is 0 Å². The van der Waals surface area contributed by atoms with Crippen LogP contribution in [0.4, 0.5) is 0 Å². The van der Waals surface area contributed by atoms with Gasteiger partial charge < -0.3 is 24.8 Å². The number of unbranched alkanes of at least 4 members (excludes halogenated alkanes) is 1. The molecule has 0 radical (unpaired) electrons. The molecule has 1 aromatic rings. The number of carbonyl (C=O) groups is 1. The summed E-state index contributed by atoms with van der Waals surface area (Å²) < 4.78 is 11.2. The Balaban J connectivity index is 3.54. The van der Waals surface area contributed by atoms with Crippen LogP contribution in [0.25, 0.3) is 0 Å². The number of phenolic OH excluding ortho intramolecular Hbond substituents is 1. The summed E-state index contributed by atoms with van der Waals surface area (Å²) >= 11 is 0. The molecule has 6 nitrogen and oxygen atoms in total. The Kier molecular flexibility index (Phi) is 7.51. The van der Waals surface area contributed by atoms with Gasteiger partial charge in [-0.15, -0.1) is 0 Å². The predicted molar refractivity (Wildman–Crippen MR) is 86.9 cm³/mol. The van der Waals surface area contributed by atoms with E-state index in [4.69, 9.17) is 9.47 Å². The van der Waals surface area contributed by atoms with Crippen molar-refractivity contribution in [3.63, 3.8) is 0 Å². The zero-order valence-electron chi connectivity index (χ0n) is 14.0. The molecule has 0 aromatic heterocycles. The van der Waals surface area contributed by atoms with Crippen LogP contribution < -0.4 is 9.47 Å². The van der Waals surface area contributed by atoms with Crippen molar-refractivity contribution in [3.8, 4) is 23.0 Å². The van der Waals surface area contributed by atoms with Crippen LogP contribution in [0.5, 0.6) is 23.0 Å². The Labute approximate surface area is 136 Å². The first-order valence-electron chi connectivity index (χ1n) is 8.09. The lowest BCUT2D eigenvalue weighted by Crippen LogP contribution is -2.10. The summed E-state index contributed by atoms with van der Waals surface area (Å²) in [6.45, 7) is 6.52. The van der Waals surface area contributed by atoms with Crippen LogP contribution in [0, 0.1) is 0 Å².